The molecule has 3 aromatic rings. The van der Waals surface area contributed by atoms with Gasteiger partial charge in [-0.2, -0.15) is 0 Å². The van der Waals surface area contributed by atoms with Crippen LogP contribution in [-0.4, -0.2) is 46.9 Å². The second-order valence-corrected chi connectivity index (χ2v) is 8.26. The molecule has 0 bridgehead atoms. The molecule has 0 spiro atoms. The molecule has 1 fully saturated rings. The van der Waals surface area contributed by atoms with E-state index >= 15 is 0 Å². The van der Waals surface area contributed by atoms with Crippen LogP contribution in [0.1, 0.15) is 15.4 Å². The van der Waals surface area contributed by atoms with Crippen molar-refractivity contribution in [3.8, 4) is 11.5 Å². The van der Waals surface area contributed by atoms with E-state index in [1.165, 1.54) is 0 Å². The maximum absolute atomic E-state index is 12.7. The third-order valence-corrected chi connectivity index (χ3v) is 6.22. The quantitative estimate of drug-likeness (QED) is 0.532. The molecule has 0 radical (unpaired) electrons. The van der Waals surface area contributed by atoms with Crippen molar-refractivity contribution in [2.45, 2.75) is 6.54 Å². The highest BCUT2D eigenvalue weighted by Crippen LogP contribution is 2.23. The van der Waals surface area contributed by atoms with Crippen LogP contribution in [0.4, 0.5) is 0 Å². The van der Waals surface area contributed by atoms with Crippen LogP contribution in [0, 0.1) is 3.57 Å². The molecule has 3 heterocycles. The van der Waals surface area contributed by atoms with Gasteiger partial charge in [0, 0.05) is 35.1 Å². The van der Waals surface area contributed by atoms with Gasteiger partial charge in [0.1, 0.15) is 10.7 Å². The van der Waals surface area contributed by atoms with E-state index in [1.54, 1.807) is 17.6 Å². The van der Waals surface area contributed by atoms with Gasteiger partial charge < -0.3 is 9.32 Å². The van der Waals surface area contributed by atoms with E-state index in [4.69, 9.17) is 4.42 Å². The molecule has 1 amide bonds. The normalized spacial score (nSPS) is 15.3. The summed E-state index contributed by atoms with van der Waals surface area (Å²) in [4.78, 5) is 21.7. The predicted octanol–water partition coefficient (Wildman–Crippen LogP) is 3.97. The van der Waals surface area contributed by atoms with Crippen LogP contribution in [0.3, 0.4) is 0 Å². The van der Waals surface area contributed by atoms with E-state index in [-0.39, 0.29) is 5.91 Å². The molecule has 0 saturated carbocycles. The Morgan fingerprint density at radius 3 is 2.69 bits per heavy atom. The fraction of sp³-hybridized carbons (Fsp3) is 0.263. The first-order chi connectivity index (χ1) is 12.7. The molecule has 0 unspecified atom stereocenters. The summed E-state index contributed by atoms with van der Waals surface area (Å²) in [7, 11) is 0. The predicted molar refractivity (Wildman–Crippen MR) is 110 cm³/mol. The number of halogens is 1. The Balaban J connectivity index is 1.34. The molecule has 4 rings (SSSR count). The number of piperazine rings is 1. The lowest BCUT2D eigenvalue weighted by molar-refractivity contribution is 0.0627. The zero-order chi connectivity index (χ0) is 17.9. The third kappa shape index (κ3) is 3.84. The molecule has 0 atom stereocenters. The van der Waals surface area contributed by atoms with Crippen LogP contribution >= 0.6 is 33.9 Å². The smallest absolute Gasteiger partial charge is 0.255 e. The van der Waals surface area contributed by atoms with Gasteiger partial charge in [-0.25, -0.2) is 4.98 Å². The number of furan rings is 1. The molecular weight excluding hydrogens is 461 g/mol. The van der Waals surface area contributed by atoms with Gasteiger partial charge >= 0.3 is 0 Å². The Morgan fingerprint density at radius 2 is 1.96 bits per heavy atom. The Kier molecular flexibility index (Phi) is 5.37. The Labute approximate surface area is 169 Å². The summed E-state index contributed by atoms with van der Waals surface area (Å²) in [5.41, 5.74) is 1.69. The number of carbonyl (C=O) groups is 1. The molecule has 1 saturated heterocycles. The summed E-state index contributed by atoms with van der Waals surface area (Å²) in [6, 6.07) is 11.6. The Bertz CT molecular complexity index is 886. The highest BCUT2D eigenvalue weighted by atomic mass is 127. The standard InChI is InChI=1S/C19H18IN3O2S/c20-15-5-2-1-4-14(15)19(24)23-9-7-22(8-10-23)12-18-21-16(13-26-18)17-6-3-11-25-17/h1-6,11,13H,7-10,12H2. The van der Waals surface area contributed by atoms with Gasteiger partial charge in [0.25, 0.3) is 5.91 Å². The molecular formula is C19H18IN3O2S. The van der Waals surface area contributed by atoms with Crippen molar-refractivity contribution in [2.75, 3.05) is 26.2 Å². The van der Waals surface area contributed by atoms with E-state index in [9.17, 15) is 4.79 Å². The summed E-state index contributed by atoms with van der Waals surface area (Å²) < 4.78 is 6.41. The highest BCUT2D eigenvalue weighted by Gasteiger charge is 2.23. The first-order valence-electron chi connectivity index (χ1n) is 8.45. The number of rotatable bonds is 4. The number of thiazole rings is 1. The van der Waals surface area contributed by atoms with Crippen LogP contribution in [0.2, 0.25) is 0 Å². The fourth-order valence-corrected chi connectivity index (χ4v) is 4.47. The minimum atomic E-state index is 0.129. The van der Waals surface area contributed by atoms with Crippen LogP contribution in [-0.2, 0) is 6.54 Å². The van der Waals surface area contributed by atoms with Crippen LogP contribution in [0.15, 0.2) is 52.5 Å². The molecule has 0 N–H and O–H groups in total. The van der Waals surface area contributed by atoms with Gasteiger partial charge in [-0.15, -0.1) is 11.3 Å². The zero-order valence-electron chi connectivity index (χ0n) is 14.1. The van der Waals surface area contributed by atoms with Crippen molar-refractivity contribution in [1.82, 2.24) is 14.8 Å². The van der Waals surface area contributed by atoms with Crippen LogP contribution in [0.5, 0.6) is 0 Å². The van der Waals surface area contributed by atoms with Crippen molar-refractivity contribution in [2.24, 2.45) is 0 Å². The SMILES string of the molecule is O=C(c1ccccc1I)N1CCN(Cc2nc(-c3ccco3)cs2)CC1. The van der Waals surface area contributed by atoms with Gasteiger partial charge in [0.15, 0.2) is 5.76 Å². The molecule has 2 aromatic heterocycles. The second kappa shape index (κ2) is 7.89. The maximum atomic E-state index is 12.7. The van der Waals surface area contributed by atoms with Crippen LogP contribution < -0.4 is 0 Å². The van der Waals surface area contributed by atoms with E-state index in [0.717, 1.165) is 58.3 Å². The molecule has 26 heavy (non-hydrogen) atoms. The monoisotopic (exact) mass is 479 g/mol. The van der Waals surface area contributed by atoms with Crippen LogP contribution in [0.25, 0.3) is 11.5 Å². The average molecular weight is 479 g/mol. The first kappa shape index (κ1) is 17.7. The molecule has 1 aliphatic rings. The summed E-state index contributed by atoms with van der Waals surface area (Å²) in [6.45, 7) is 4.05. The fourth-order valence-electron chi connectivity index (χ4n) is 3.03. The molecule has 1 aliphatic heterocycles. The van der Waals surface area contributed by atoms with Crippen molar-refractivity contribution in [3.63, 3.8) is 0 Å². The summed E-state index contributed by atoms with van der Waals surface area (Å²) in [5.74, 6) is 0.935. The van der Waals surface area contributed by atoms with E-state index in [1.807, 2.05) is 46.7 Å². The highest BCUT2D eigenvalue weighted by molar-refractivity contribution is 14.1. The average Bonchev–Trinajstić information content (AvgIpc) is 3.34. The number of carbonyl (C=O) groups excluding carboxylic acids is 1. The lowest BCUT2D eigenvalue weighted by atomic mass is 10.2. The lowest BCUT2D eigenvalue weighted by Gasteiger charge is -2.34. The molecule has 134 valence electrons. The van der Waals surface area contributed by atoms with E-state index in [2.05, 4.69) is 32.5 Å². The number of hydrogen-bond acceptors (Lipinski definition) is 5. The van der Waals surface area contributed by atoms with E-state index in [0.29, 0.717) is 0 Å². The number of aromatic nitrogens is 1. The van der Waals surface area contributed by atoms with Gasteiger partial charge in [0.05, 0.1) is 18.4 Å². The maximum Gasteiger partial charge on any atom is 0.255 e. The van der Waals surface area contributed by atoms with Gasteiger partial charge in [0.2, 0.25) is 0 Å². The van der Waals surface area contributed by atoms with E-state index < -0.39 is 0 Å². The van der Waals surface area contributed by atoms with Crippen molar-refractivity contribution < 1.29 is 9.21 Å². The first-order valence-corrected chi connectivity index (χ1v) is 10.4. The minimum Gasteiger partial charge on any atom is -0.463 e. The molecule has 1 aromatic carbocycles. The van der Waals surface area contributed by atoms with Crippen molar-refractivity contribution in [3.05, 3.63) is 62.2 Å². The number of amides is 1. The van der Waals surface area contributed by atoms with Crippen molar-refractivity contribution >= 4 is 39.8 Å². The number of nitrogens with zero attached hydrogens (tertiary/aromatic N) is 3. The zero-order valence-corrected chi connectivity index (χ0v) is 17.1. The number of benzene rings is 1. The summed E-state index contributed by atoms with van der Waals surface area (Å²) in [5, 5.41) is 3.11. The van der Waals surface area contributed by atoms with Gasteiger partial charge in [-0.1, -0.05) is 12.1 Å². The summed E-state index contributed by atoms with van der Waals surface area (Å²) >= 11 is 3.88. The van der Waals surface area contributed by atoms with Gasteiger partial charge in [-0.3, -0.25) is 9.69 Å². The van der Waals surface area contributed by atoms with Gasteiger partial charge in [-0.05, 0) is 46.9 Å². The second-order valence-electron chi connectivity index (χ2n) is 6.15. The number of hydrogen-bond donors (Lipinski definition) is 0. The lowest BCUT2D eigenvalue weighted by Crippen LogP contribution is -2.48. The molecule has 5 nitrogen and oxygen atoms in total. The Hall–Kier alpha value is -1.71. The minimum absolute atomic E-state index is 0.129. The third-order valence-electron chi connectivity index (χ3n) is 4.45. The van der Waals surface area contributed by atoms with Crippen molar-refractivity contribution in [1.29, 1.82) is 0 Å². The molecule has 7 heteroatoms. The summed E-state index contributed by atoms with van der Waals surface area (Å²) in [6.07, 6.45) is 1.67. The Morgan fingerprint density at radius 1 is 1.15 bits per heavy atom. The topological polar surface area (TPSA) is 49.6 Å². The molecule has 0 aliphatic carbocycles. The largest absolute Gasteiger partial charge is 0.463 e.